The quantitative estimate of drug-likeness (QED) is 0.692. The first-order valence-electron chi connectivity index (χ1n) is 5.52. The summed E-state index contributed by atoms with van der Waals surface area (Å²) in [7, 11) is 0. The van der Waals surface area contributed by atoms with Gasteiger partial charge >= 0.3 is 0 Å². The van der Waals surface area contributed by atoms with Crippen molar-refractivity contribution in [1.82, 2.24) is 0 Å². The summed E-state index contributed by atoms with van der Waals surface area (Å²) in [6.45, 7) is 6.42. The molecule has 0 aliphatic heterocycles. The molecule has 1 aliphatic rings. The van der Waals surface area contributed by atoms with Crippen LogP contribution < -0.4 is 0 Å². The SMILES string of the molecule is CCC1CC(C)(C)c2c1ccc(O)c2O. The Balaban J connectivity index is 2.64. The first-order chi connectivity index (χ1) is 6.97. The molecule has 1 aliphatic carbocycles. The molecule has 2 N–H and O–H groups in total. The van der Waals surface area contributed by atoms with E-state index in [9.17, 15) is 10.2 Å². The van der Waals surface area contributed by atoms with Gasteiger partial charge < -0.3 is 10.2 Å². The molecule has 15 heavy (non-hydrogen) atoms. The van der Waals surface area contributed by atoms with E-state index < -0.39 is 0 Å². The Morgan fingerprint density at radius 2 is 2.00 bits per heavy atom. The zero-order chi connectivity index (χ0) is 11.2. The second-order valence-electron chi connectivity index (χ2n) is 5.09. The van der Waals surface area contributed by atoms with Crippen LogP contribution in [0.5, 0.6) is 11.5 Å². The number of aromatic hydroxyl groups is 2. The molecule has 0 saturated heterocycles. The molecule has 0 fully saturated rings. The molecule has 1 unspecified atom stereocenters. The monoisotopic (exact) mass is 206 g/mol. The molecule has 1 aromatic carbocycles. The third-order valence-electron chi connectivity index (χ3n) is 3.55. The van der Waals surface area contributed by atoms with Crippen LogP contribution in [0.15, 0.2) is 12.1 Å². The van der Waals surface area contributed by atoms with Gasteiger partial charge in [0.25, 0.3) is 0 Å². The lowest BCUT2D eigenvalue weighted by Crippen LogP contribution is -2.12. The Hall–Kier alpha value is -1.18. The van der Waals surface area contributed by atoms with Crippen LogP contribution >= 0.6 is 0 Å². The third-order valence-corrected chi connectivity index (χ3v) is 3.55. The van der Waals surface area contributed by atoms with Crippen LogP contribution in [0.2, 0.25) is 0 Å². The molecule has 2 heteroatoms. The fraction of sp³-hybridized carbons (Fsp3) is 0.538. The Labute approximate surface area is 90.6 Å². The highest BCUT2D eigenvalue weighted by atomic mass is 16.3. The highest BCUT2D eigenvalue weighted by molar-refractivity contribution is 5.56. The minimum atomic E-state index is -0.0289. The molecule has 82 valence electrons. The number of fused-ring (bicyclic) bond motifs is 1. The highest BCUT2D eigenvalue weighted by Crippen LogP contribution is 2.52. The first-order valence-corrected chi connectivity index (χ1v) is 5.52. The summed E-state index contributed by atoms with van der Waals surface area (Å²) in [5.41, 5.74) is 2.12. The van der Waals surface area contributed by atoms with Gasteiger partial charge in [0.15, 0.2) is 11.5 Å². The van der Waals surface area contributed by atoms with Crippen molar-refractivity contribution in [3.63, 3.8) is 0 Å². The minimum Gasteiger partial charge on any atom is -0.504 e. The van der Waals surface area contributed by atoms with E-state index in [1.165, 1.54) is 5.56 Å². The van der Waals surface area contributed by atoms with Crippen molar-refractivity contribution in [3.8, 4) is 11.5 Å². The maximum absolute atomic E-state index is 9.92. The van der Waals surface area contributed by atoms with Crippen LogP contribution in [-0.2, 0) is 5.41 Å². The maximum Gasteiger partial charge on any atom is 0.161 e. The molecule has 0 heterocycles. The number of hydrogen-bond acceptors (Lipinski definition) is 2. The van der Waals surface area contributed by atoms with Crippen molar-refractivity contribution in [1.29, 1.82) is 0 Å². The second kappa shape index (κ2) is 3.16. The van der Waals surface area contributed by atoms with Crippen LogP contribution in [0.25, 0.3) is 0 Å². The summed E-state index contributed by atoms with van der Waals surface area (Å²) in [6.07, 6.45) is 2.14. The van der Waals surface area contributed by atoms with E-state index >= 15 is 0 Å². The third kappa shape index (κ3) is 1.39. The van der Waals surface area contributed by atoms with Gasteiger partial charge in [-0.3, -0.25) is 0 Å². The predicted molar refractivity (Wildman–Crippen MR) is 60.4 cm³/mol. The summed E-state index contributed by atoms with van der Waals surface area (Å²) in [6, 6.07) is 3.55. The molecule has 0 aromatic heterocycles. The Morgan fingerprint density at radius 3 is 2.60 bits per heavy atom. The van der Waals surface area contributed by atoms with Gasteiger partial charge in [0, 0.05) is 5.56 Å². The largest absolute Gasteiger partial charge is 0.504 e. The second-order valence-corrected chi connectivity index (χ2v) is 5.09. The molecule has 1 atom stereocenters. The van der Waals surface area contributed by atoms with Gasteiger partial charge in [0.05, 0.1) is 0 Å². The highest BCUT2D eigenvalue weighted by Gasteiger charge is 2.38. The summed E-state index contributed by atoms with van der Waals surface area (Å²) in [5.74, 6) is 0.591. The van der Waals surface area contributed by atoms with E-state index in [4.69, 9.17) is 0 Å². The van der Waals surface area contributed by atoms with Crippen LogP contribution in [0.4, 0.5) is 0 Å². The van der Waals surface area contributed by atoms with Crippen molar-refractivity contribution in [2.75, 3.05) is 0 Å². The maximum atomic E-state index is 9.92. The fourth-order valence-electron chi connectivity index (χ4n) is 2.84. The topological polar surface area (TPSA) is 40.5 Å². The lowest BCUT2D eigenvalue weighted by Gasteiger charge is -2.20. The zero-order valence-corrected chi connectivity index (χ0v) is 9.54. The first kappa shape index (κ1) is 10.3. The average Bonchev–Trinajstić information content (AvgIpc) is 2.44. The molecule has 2 nitrogen and oxygen atoms in total. The van der Waals surface area contributed by atoms with Crippen LogP contribution in [0, 0.1) is 0 Å². The summed E-state index contributed by atoms with van der Waals surface area (Å²) < 4.78 is 0. The van der Waals surface area contributed by atoms with Crippen LogP contribution in [0.3, 0.4) is 0 Å². The Morgan fingerprint density at radius 1 is 1.33 bits per heavy atom. The summed E-state index contributed by atoms with van der Waals surface area (Å²) in [4.78, 5) is 0. The molecule has 0 radical (unpaired) electrons. The van der Waals surface area contributed by atoms with E-state index in [1.54, 1.807) is 6.07 Å². The number of rotatable bonds is 1. The molecular formula is C13H18O2. The van der Waals surface area contributed by atoms with Gasteiger partial charge in [-0.1, -0.05) is 26.8 Å². The van der Waals surface area contributed by atoms with Crippen LogP contribution in [-0.4, -0.2) is 10.2 Å². The van der Waals surface area contributed by atoms with Gasteiger partial charge in [-0.25, -0.2) is 0 Å². The summed E-state index contributed by atoms with van der Waals surface area (Å²) in [5, 5.41) is 19.4. The van der Waals surface area contributed by atoms with Gasteiger partial charge in [-0.15, -0.1) is 0 Å². The molecule has 0 bridgehead atoms. The van der Waals surface area contributed by atoms with E-state index in [0.29, 0.717) is 5.92 Å². The molecular weight excluding hydrogens is 188 g/mol. The molecule has 0 amide bonds. The van der Waals surface area contributed by atoms with Gasteiger partial charge in [0.2, 0.25) is 0 Å². The van der Waals surface area contributed by atoms with E-state index in [0.717, 1.165) is 18.4 Å². The number of phenols is 2. The summed E-state index contributed by atoms with van der Waals surface area (Å²) >= 11 is 0. The number of hydrogen-bond donors (Lipinski definition) is 2. The van der Waals surface area contributed by atoms with Crippen LogP contribution in [0.1, 0.15) is 50.7 Å². The lowest BCUT2D eigenvalue weighted by molar-refractivity contribution is 0.385. The minimum absolute atomic E-state index is 0.00132. The average molecular weight is 206 g/mol. The van der Waals surface area contributed by atoms with E-state index in [-0.39, 0.29) is 16.9 Å². The van der Waals surface area contributed by atoms with E-state index in [2.05, 4.69) is 20.8 Å². The number of phenolic OH excluding ortho intramolecular Hbond substituents is 2. The molecule has 1 aromatic rings. The lowest BCUT2D eigenvalue weighted by atomic mass is 9.85. The van der Waals surface area contributed by atoms with Crippen molar-refractivity contribution in [2.45, 2.75) is 44.9 Å². The molecule has 2 rings (SSSR count). The number of benzene rings is 1. The van der Waals surface area contributed by atoms with Gasteiger partial charge in [-0.2, -0.15) is 0 Å². The fourth-order valence-corrected chi connectivity index (χ4v) is 2.84. The predicted octanol–water partition coefficient (Wildman–Crippen LogP) is 3.27. The van der Waals surface area contributed by atoms with E-state index in [1.807, 2.05) is 6.07 Å². The zero-order valence-electron chi connectivity index (χ0n) is 9.54. The van der Waals surface area contributed by atoms with Gasteiger partial charge in [-0.05, 0) is 35.8 Å². The molecule has 0 saturated carbocycles. The van der Waals surface area contributed by atoms with Crippen molar-refractivity contribution >= 4 is 0 Å². The van der Waals surface area contributed by atoms with Crippen molar-refractivity contribution in [2.24, 2.45) is 0 Å². The smallest absolute Gasteiger partial charge is 0.161 e. The normalized spacial score (nSPS) is 22.7. The Bertz CT molecular complexity index is 394. The van der Waals surface area contributed by atoms with Crippen molar-refractivity contribution < 1.29 is 10.2 Å². The molecule has 0 spiro atoms. The Kier molecular flexibility index (Phi) is 2.18. The van der Waals surface area contributed by atoms with Crippen molar-refractivity contribution in [3.05, 3.63) is 23.3 Å². The van der Waals surface area contributed by atoms with Gasteiger partial charge in [0.1, 0.15) is 0 Å². The standard InChI is InChI=1S/C13H18O2/c1-4-8-7-13(2,3)11-9(8)5-6-10(14)12(11)15/h5-6,8,14-15H,4,7H2,1-3H3.